The van der Waals surface area contributed by atoms with Crippen LogP contribution in [0.2, 0.25) is 5.15 Å². The highest BCUT2D eigenvalue weighted by atomic mass is 35.5. The van der Waals surface area contributed by atoms with E-state index in [0.29, 0.717) is 12.4 Å². The van der Waals surface area contributed by atoms with Crippen LogP contribution in [0.25, 0.3) is 0 Å². The van der Waals surface area contributed by atoms with E-state index in [1.807, 2.05) is 16.9 Å². The Hall–Kier alpha value is -2.08. The van der Waals surface area contributed by atoms with Gasteiger partial charge in [0.1, 0.15) is 16.5 Å². The van der Waals surface area contributed by atoms with Gasteiger partial charge < -0.3 is 10.4 Å². The van der Waals surface area contributed by atoms with Crippen LogP contribution in [0.5, 0.6) is 0 Å². The molecule has 0 aliphatic heterocycles. The van der Waals surface area contributed by atoms with Gasteiger partial charge in [0.2, 0.25) is 0 Å². The molecular weight excluding hydrogens is 268 g/mol. The fourth-order valence-corrected chi connectivity index (χ4v) is 1.77. The number of pyridine rings is 1. The van der Waals surface area contributed by atoms with Gasteiger partial charge in [0.05, 0.1) is 0 Å². The molecule has 2 aromatic rings. The summed E-state index contributed by atoms with van der Waals surface area (Å²) in [6.45, 7) is 1.34. The molecule has 0 aliphatic rings. The number of carboxylic acids is 1. The molecule has 7 heteroatoms. The minimum Gasteiger partial charge on any atom is -0.478 e. The first-order valence-electron chi connectivity index (χ1n) is 5.78. The fourth-order valence-electron chi connectivity index (χ4n) is 1.62. The number of aromatic nitrogens is 3. The summed E-state index contributed by atoms with van der Waals surface area (Å²) in [7, 11) is 0. The van der Waals surface area contributed by atoms with Gasteiger partial charge in [0, 0.05) is 25.5 Å². The smallest absolute Gasteiger partial charge is 0.339 e. The van der Waals surface area contributed by atoms with Crippen molar-refractivity contribution in [2.45, 2.75) is 13.0 Å². The number of carboxylic acid groups (broad SMARTS) is 1. The predicted molar refractivity (Wildman–Crippen MR) is 71.5 cm³/mol. The molecule has 100 valence electrons. The van der Waals surface area contributed by atoms with Crippen LogP contribution in [0.4, 0.5) is 5.82 Å². The molecule has 19 heavy (non-hydrogen) atoms. The fraction of sp³-hybridized carbons (Fsp3) is 0.250. The molecule has 2 rings (SSSR count). The number of nitrogens with zero attached hydrogens (tertiary/aromatic N) is 3. The normalized spacial score (nSPS) is 10.4. The summed E-state index contributed by atoms with van der Waals surface area (Å²) >= 11 is 5.76. The zero-order chi connectivity index (χ0) is 13.7. The number of rotatable bonds is 6. The van der Waals surface area contributed by atoms with Crippen molar-refractivity contribution in [1.29, 1.82) is 0 Å². The lowest BCUT2D eigenvalue weighted by atomic mass is 10.2. The molecule has 2 heterocycles. The van der Waals surface area contributed by atoms with E-state index in [-0.39, 0.29) is 10.7 Å². The molecule has 0 spiro atoms. The van der Waals surface area contributed by atoms with E-state index < -0.39 is 5.97 Å². The van der Waals surface area contributed by atoms with Crippen LogP contribution in [0.15, 0.2) is 30.6 Å². The third-order valence-electron chi connectivity index (χ3n) is 2.51. The minimum absolute atomic E-state index is 0.114. The molecule has 0 radical (unpaired) electrons. The molecule has 0 saturated heterocycles. The SMILES string of the molecule is O=C(O)c1ccc(Cl)nc1NCCCn1cccn1. The molecule has 2 N–H and O–H groups in total. The van der Waals surface area contributed by atoms with Gasteiger partial charge in [-0.15, -0.1) is 0 Å². The minimum atomic E-state index is -1.03. The second-order valence-corrected chi connectivity index (χ2v) is 4.27. The number of halogens is 1. The third kappa shape index (κ3) is 3.69. The Morgan fingerprint density at radius 2 is 2.32 bits per heavy atom. The Balaban J connectivity index is 1.91. The predicted octanol–water partition coefficient (Wildman–Crippen LogP) is 2.13. The molecule has 0 unspecified atom stereocenters. The highest BCUT2D eigenvalue weighted by molar-refractivity contribution is 6.29. The largest absolute Gasteiger partial charge is 0.478 e. The zero-order valence-corrected chi connectivity index (χ0v) is 10.8. The van der Waals surface area contributed by atoms with E-state index in [2.05, 4.69) is 15.4 Å². The number of aryl methyl sites for hydroxylation is 1. The van der Waals surface area contributed by atoms with Crippen molar-refractivity contribution in [3.8, 4) is 0 Å². The second kappa shape index (κ2) is 6.19. The second-order valence-electron chi connectivity index (χ2n) is 3.88. The molecule has 6 nitrogen and oxygen atoms in total. The van der Waals surface area contributed by atoms with E-state index in [1.165, 1.54) is 12.1 Å². The summed E-state index contributed by atoms with van der Waals surface area (Å²) in [4.78, 5) is 15.0. The van der Waals surface area contributed by atoms with Crippen molar-refractivity contribution in [3.63, 3.8) is 0 Å². The van der Waals surface area contributed by atoms with E-state index >= 15 is 0 Å². The number of hydrogen-bond acceptors (Lipinski definition) is 4. The van der Waals surface area contributed by atoms with Crippen molar-refractivity contribution in [3.05, 3.63) is 41.3 Å². The van der Waals surface area contributed by atoms with Gasteiger partial charge in [0.25, 0.3) is 0 Å². The Kier molecular flexibility index (Phi) is 4.35. The maximum Gasteiger partial charge on any atom is 0.339 e. The Morgan fingerprint density at radius 3 is 3.00 bits per heavy atom. The number of carbonyl (C=O) groups is 1. The van der Waals surface area contributed by atoms with Crippen molar-refractivity contribution < 1.29 is 9.90 Å². The molecule has 0 bridgehead atoms. The highest BCUT2D eigenvalue weighted by Crippen LogP contribution is 2.16. The monoisotopic (exact) mass is 280 g/mol. The maximum atomic E-state index is 11.0. The lowest BCUT2D eigenvalue weighted by molar-refractivity contribution is 0.0697. The number of hydrogen-bond donors (Lipinski definition) is 2. The van der Waals surface area contributed by atoms with Crippen LogP contribution in [0.1, 0.15) is 16.8 Å². The summed E-state index contributed by atoms with van der Waals surface area (Å²) in [6.07, 6.45) is 4.39. The summed E-state index contributed by atoms with van der Waals surface area (Å²) in [5.74, 6) is -0.737. The molecule has 0 atom stereocenters. The van der Waals surface area contributed by atoms with Gasteiger partial charge in [-0.1, -0.05) is 11.6 Å². The Labute approximate surface area is 115 Å². The summed E-state index contributed by atoms with van der Waals surface area (Å²) in [5.41, 5.74) is 0.114. The standard InChI is InChI=1S/C12H13ClN4O2/c13-10-4-3-9(12(18)19)11(16-10)14-5-1-7-17-8-2-6-15-17/h2-4,6,8H,1,5,7H2,(H,14,16)(H,18,19). The lowest BCUT2D eigenvalue weighted by Gasteiger charge is -2.08. The van der Waals surface area contributed by atoms with Gasteiger partial charge in [-0.2, -0.15) is 5.10 Å². The molecule has 0 fully saturated rings. The first-order valence-corrected chi connectivity index (χ1v) is 6.16. The van der Waals surface area contributed by atoms with Crippen molar-refractivity contribution in [1.82, 2.24) is 14.8 Å². The number of anilines is 1. The molecular formula is C12H13ClN4O2. The van der Waals surface area contributed by atoms with Crippen LogP contribution in [-0.4, -0.2) is 32.4 Å². The van der Waals surface area contributed by atoms with E-state index in [1.54, 1.807) is 6.20 Å². The van der Waals surface area contributed by atoms with Crippen molar-refractivity contribution >= 4 is 23.4 Å². The zero-order valence-electron chi connectivity index (χ0n) is 10.1. The van der Waals surface area contributed by atoms with Gasteiger partial charge in [-0.3, -0.25) is 4.68 Å². The van der Waals surface area contributed by atoms with Crippen LogP contribution >= 0.6 is 11.6 Å². The van der Waals surface area contributed by atoms with Gasteiger partial charge in [-0.05, 0) is 24.6 Å². The Bertz CT molecular complexity index is 557. The summed E-state index contributed by atoms with van der Waals surface area (Å²) in [6, 6.07) is 4.75. The number of nitrogens with one attached hydrogen (secondary N) is 1. The third-order valence-corrected chi connectivity index (χ3v) is 2.72. The van der Waals surface area contributed by atoms with E-state index in [0.717, 1.165) is 13.0 Å². The molecule has 0 saturated carbocycles. The van der Waals surface area contributed by atoms with Gasteiger partial charge >= 0.3 is 5.97 Å². The topological polar surface area (TPSA) is 80.0 Å². The maximum absolute atomic E-state index is 11.0. The van der Waals surface area contributed by atoms with Gasteiger partial charge in [0.15, 0.2) is 0 Å². The van der Waals surface area contributed by atoms with Crippen LogP contribution < -0.4 is 5.32 Å². The van der Waals surface area contributed by atoms with Crippen molar-refractivity contribution in [2.24, 2.45) is 0 Å². The number of aromatic carboxylic acids is 1. The van der Waals surface area contributed by atoms with Crippen LogP contribution in [-0.2, 0) is 6.54 Å². The first kappa shape index (κ1) is 13.4. The van der Waals surface area contributed by atoms with Crippen LogP contribution in [0, 0.1) is 0 Å². The van der Waals surface area contributed by atoms with Gasteiger partial charge in [-0.25, -0.2) is 9.78 Å². The molecule has 2 aromatic heterocycles. The van der Waals surface area contributed by atoms with E-state index in [9.17, 15) is 4.79 Å². The average Bonchev–Trinajstić information content (AvgIpc) is 2.87. The summed E-state index contributed by atoms with van der Waals surface area (Å²) in [5, 5.41) is 16.3. The summed E-state index contributed by atoms with van der Waals surface area (Å²) < 4.78 is 1.81. The quantitative estimate of drug-likeness (QED) is 0.626. The first-order chi connectivity index (χ1) is 9.16. The van der Waals surface area contributed by atoms with Crippen LogP contribution in [0.3, 0.4) is 0 Å². The molecule has 0 amide bonds. The average molecular weight is 281 g/mol. The highest BCUT2D eigenvalue weighted by Gasteiger charge is 2.11. The molecule has 0 aliphatic carbocycles. The Morgan fingerprint density at radius 1 is 1.47 bits per heavy atom. The van der Waals surface area contributed by atoms with Crippen molar-refractivity contribution in [2.75, 3.05) is 11.9 Å². The lowest BCUT2D eigenvalue weighted by Crippen LogP contribution is -2.11. The molecule has 0 aromatic carbocycles. The van der Waals surface area contributed by atoms with E-state index in [4.69, 9.17) is 16.7 Å².